The number of nitrogens with one attached hydrogen (secondary N) is 1. The molecule has 1 aromatic carbocycles. The maximum atomic E-state index is 12.1. The molecule has 0 fully saturated rings. The second kappa shape index (κ2) is 7.62. The summed E-state index contributed by atoms with van der Waals surface area (Å²) < 4.78 is 0. The van der Waals surface area contributed by atoms with E-state index in [1.807, 2.05) is 32.9 Å². The van der Waals surface area contributed by atoms with Crippen molar-refractivity contribution in [2.24, 2.45) is 0 Å². The van der Waals surface area contributed by atoms with Crippen molar-refractivity contribution < 1.29 is 9.59 Å². The minimum Gasteiger partial charge on any atom is -0.339 e. The van der Waals surface area contributed by atoms with Crippen LogP contribution in [-0.4, -0.2) is 29.8 Å². The first-order valence-electron chi connectivity index (χ1n) is 7.09. The lowest BCUT2D eigenvalue weighted by Crippen LogP contribution is -2.32. The number of amides is 2. The Morgan fingerprint density at radius 3 is 2.29 bits per heavy atom. The number of carbonyl (C=O) groups is 2. The van der Waals surface area contributed by atoms with Gasteiger partial charge in [0.2, 0.25) is 11.8 Å². The third kappa shape index (κ3) is 5.06. The summed E-state index contributed by atoms with van der Waals surface area (Å²) in [6.45, 7) is 12.0. The van der Waals surface area contributed by atoms with Crippen LogP contribution in [-0.2, 0) is 9.59 Å². The summed E-state index contributed by atoms with van der Waals surface area (Å²) in [7, 11) is 0. The van der Waals surface area contributed by atoms with Crippen molar-refractivity contribution in [2.45, 2.75) is 34.1 Å². The van der Waals surface area contributed by atoms with E-state index in [4.69, 9.17) is 0 Å². The van der Waals surface area contributed by atoms with Crippen LogP contribution in [0, 0.1) is 20.8 Å². The SMILES string of the molecule is C=CCN(CCC(=O)Nc1c(C)cc(C)cc1C)C(C)=O. The summed E-state index contributed by atoms with van der Waals surface area (Å²) in [6.07, 6.45) is 1.94. The summed E-state index contributed by atoms with van der Waals surface area (Å²) >= 11 is 0. The van der Waals surface area contributed by atoms with Gasteiger partial charge in [-0.05, 0) is 31.9 Å². The molecule has 0 aromatic heterocycles. The first kappa shape index (κ1) is 17.0. The molecular weight excluding hydrogens is 264 g/mol. The number of nitrogens with zero attached hydrogens (tertiary/aromatic N) is 1. The highest BCUT2D eigenvalue weighted by atomic mass is 16.2. The van der Waals surface area contributed by atoms with Crippen LogP contribution in [0.2, 0.25) is 0 Å². The summed E-state index contributed by atoms with van der Waals surface area (Å²) in [4.78, 5) is 25.1. The molecule has 1 rings (SSSR count). The first-order valence-corrected chi connectivity index (χ1v) is 7.09. The molecule has 0 spiro atoms. The van der Waals surface area contributed by atoms with E-state index >= 15 is 0 Å². The van der Waals surface area contributed by atoms with Crippen molar-refractivity contribution >= 4 is 17.5 Å². The van der Waals surface area contributed by atoms with Gasteiger partial charge >= 0.3 is 0 Å². The van der Waals surface area contributed by atoms with Gasteiger partial charge in [0.05, 0.1) is 0 Å². The lowest BCUT2D eigenvalue weighted by Gasteiger charge is -2.19. The number of carbonyl (C=O) groups excluding carboxylic acids is 2. The second-order valence-corrected chi connectivity index (χ2v) is 5.33. The van der Waals surface area contributed by atoms with Gasteiger partial charge in [-0.15, -0.1) is 6.58 Å². The number of rotatable bonds is 6. The van der Waals surface area contributed by atoms with Gasteiger partial charge in [0.15, 0.2) is 0 Å². The van der Waals surface area contributed by atoms with E-state index in [-0.39, 0.29) is 18.2 Å². The molecule has 0 radical (unpaired) electrons. The molecule has 0 atom stereocenters. The van der Waals surface area contributed by atoms with Gasteiger partial charge < -0.3 is 10.2 Å². The molecule has 0 unspecified atom stereocenters. The van der Waals surface area contributed by atoms with E-state index in [0.29, 0.717) is 13.1 Å². The maximum Gasteiger partial charge on any atom is 0.226 e. The second-order valence-electron chi connectivity index (χ2n) is 5.33. The number of hydrogen-bond donors (Lipinski definition) is 1. The van der Waals surface area contributed by atoms with Gasteiger partial charge in [0.25, 0.3) is 0 Å². The molecule has 21 heavy (non-hydrogen) atoms. The van der Waals surface area contributed by atoms with E-state index in [0.717, 1.165) is 16.8 Å². The Bertz CT molecular complexity index is 527. The molecule has 1 aromatic rings. The third-order valence-electron chi connectivity index (χ3n) is 3.35. The molecule has 0 heterocycles. The molecule has 4 heteroatoms. The zero-order valence-electron chi connectivity index (χ0n) is 13.3. The molecule has 114 valence electrons. The van der Waals surface area contributed by atoms with E-state index in [2.05, 4.69) is 11.9 Å². The molecule has 0 aliphatic rings. The fourth-order valence-corrected chi connectivity index (χ4v) is 2.35. The molecule has 0 saturated carbocycles. The highest BCUT2D eigenvalue weighted by molar-refractivity contribution is 5.92. The van der Waals surface area contributed by atoms with Crippen LogP contribution in [0.25, 0.3) is 0 Å². The average Bonchev–Trinajstić information content (AvgIpc) is 2.38. The molecule has 0 bridgehead atoms. The topological polar surface area (TPSA) is 49.4 Å². The maximum absolute atomic E-state index is 12.1. The summed E-state index contributed by atoms with van der Waals surface area (Å²) in [5.74, 6) is -0.134. The molecule has 4 nitrogen and oxygen atoms in total. The van der Waals surface area contributed by atoms with Crippen LogP contribution in [0.4, 0.5) is 5.69 Å². The van der Waals surface area contributed by atoms with Gasteiger partial charge in [-0.2, -0.15) is 0 Å². The Balaban J connectivity index is 2.66. The standard InChI is InChI=1S/C17H24N2O2/c1-6-8-19(15(5)20)9-7-16(21)18-17-13(3)10-12(2)11-14(17)4/h6,10-11H,1,7-9H2,2-5H3,(H,18,21). The highest BCUT2D eigenvalue weighted by Crippen LogP contribution is 2.22. The van der Waals surface area contributed by atoms with Gasteiger partial charge in [0.1, 0.15) is 0 Å². The van der Waals surface area contributed by atoms with Crippen LogP contribution in [0.5, 0.6) is 0 Å². The van der Waals surface area contributed by atoms with E-state index < -0.39 is 0 Å². The zero-order chi connectivity index (χ0) is 16.0. The van der Waals surface area contributed by atoms with Crippen molar-refractivity contribution in [3.63, 3.8) is 0 Å². The minimum absolute atomic E-state index is 0.0506. The summed E-state index contributed by atoms with van der Waals surface area (Å²) in [5, 5.41) is 2.94. The number of benzene rings is 1. The van der Waals surface area contributed by atoms with Crippen LogP contribution < -0.4 is 5.32 Å². The highest BCUT2D eigenvalue weighted by Gasteiger charge is 2.12. The van der Waals surface area contributed by atoms with Gasteiger partial charge in [-0.1, -0.05) is 23.8 Å². The largest absolute Gasteiger partial charge is 0.339 e. The Hall–Kier alpha value is -2.10. The summed E-state index contributed by atoms with van der Waals surface area (Å²) in [6, 6.07) is 4.09. The Morgan fingerprint density at radius 2 is 1.81 bits per heavy atom. The fourth-order valence-electron chi connectivity index (χ4n) is 2.35. The number of hydrogen-bond acceptors (Lipinski definition) is 2. The van der Waals surface area contributed by atoms with Crippen molar-refractivity contribution in [3.05, 3.63) is 41.5 Å². The third-order valence-corrected chi connectivity index (χ3v) is 3.35. The molecular formula is C17H24N2O2. The van der Waals surface area contributed by atoms with Gasteiger partial charge in [-0.3, -0.25) is 9.59 Å². The van der Waals surface area contributed by atoms with E-state index in [1.165, 1.54) is 12.5 Å². The van der Waals surface area contributed by atoms with Crippen LogP contribution >= 0.6 is 0 Å². The molecule has 0 saturated heterocycles. The first-order chi connectivity index (χ1) is 9.85. The van der Waals surface area contributed by atoms with E-state index in [1.54, 1.807) is 11.0 Å². The Labute approximate surface area is 126 Å². The zero-order valence-corrected chi connectivity index (χ0v) is 13.3. The van der Waals surface area contributed by atoms with E-state index in [9.17, 15) is 9.59 Å². The molecule has 0 aliphatic heterocycles. The van der Waals surface area contributed by atoms with Crippen molar-refractivity contribution in [2.75, 3.05) is 18.4 Å². The molecule has 2 amide bonds. The fraction of sp³-hybridized carbons (Fsp3) is 0.412. The number of aryl methyl sites for hydroxylation is 3. The Kier molecular flexibility index (Phi) is 6.15. The van der Waals surface area contributed by atoms with Gasteiger partial charge in [-0.25, -0.2) is 0 Å². The average molecular weight is 288 g/mol. The van der Waals surface area contributed by atoms with Crippen LogP contribution in [0.1, 0.15) is 30.0 Å². The monoisotopic (exact) mass is 288 g/mol. The molecule has 1 N–H and O–H groups in total. The number of anilines is 1. The predicted octanol–water partition coefficient (Wildman–Crippen LogP) is 2.97. The molecule has 0 aliphatic carbocycles. The lowest BCUT2D eigenvalue weighted by atomic mass is 10.1. The summed E-state index contributed by atoms with van der Waals surface area (Å²) in [5.41, 5.74) is 4.14. The lowest BCUT2D eigenvalue weighted by molar-refractivity contribution is -0.128. The smallest absolute Gasteiger partial charge is 0.226 e. The predicted molar refractivity (Wildman–Crippen MR) is 86.4 cm³/mol. The Morgan fingerprint density at radius 1 is 1.24 bits per heavy atom. The van der Waals surface area contributed by atoms with Crippen molar-refractivity contribution in [3.8, 4) is 0 Å². The quantitative estimate of drug-likeness (QED) is 0.818. The normalized spacial score (nSPS) is 10.1. The van der Waals surface area contributed by atoms with Crippen molar-refractivity contribution in [1.82, 2.24) is 4.90 Å². The van der Waals surface area contributed by atoms with Crippen molar-refractivity contribution in [1.29, 1.82) is 0 Å². The minimum atomic E-state index is -0.0830. The van der Waals surface area contributed by atoms with Crippen LogP contribution in [0.3, 0.4) is 0 Å². The van der Waals surface area contributed by atoms with Gasteiger partial charge in [0, 0.05) is 32.1 Å². The van der Waals surface area contributed by atoms with Crippen LogP contribution in [0.15, 0.2) is 24.8 Å².